The Hall–Kier alpha value is -2.12. The van der Waals surface area contributed by atoms with Crippen LogP contribution in [0.5, 0.6) is 0 Å². The minimum Gasteiger partial charge on any atom is -0.349 e. The fraction of sp³-hybridized carbons (Fsp3) is 0.350. The summed E-state index contributed by atoms with van der Waals surface area (Å²) >= 11 is 2.95. The molecule has 7 heteroatoms. The molecule has 0 fully saturated rings. The molecule has 2 aromatic heterocycles. The van der Waals surface area contributed by atoms with E-state index < -0.39 is 0 Å². The summed E-state index contributed by atoms with van der Waals surface area (Å²) in [5.41, 5.74) is 4.08. The number of nitrogens with zero attached hydrogens (tertiary/aromatic N) is 2. The first kappa shape index (κ1) is 18.3. The summed E-state index contributed by atoms with van der Waals surface area (Å²) in [5.74, 6) is 1.04. The van der Waals surface area contributed by atoms with E-state index in [4.69, 9.17) is 0 Å². The number of carbonyl (C=O) groups excluding carboxylic acids is 1. The van der Waals surface area contributed by atoms with Crippen molar-refractivity contribution in [2.24, 2.45) is 0 Å². The Morgan fingerprint density at radius 2 is 2.15 bits per heavy atom. The van der Waals surface area contributed by atoms with E-state index in [0.29, 0.717) is 10.9 Å². The van der Waals surface area contributed by atoms with E-state index in [9.17, 15) is 4.79 Å². The Morgan fingerprint density at radius 1 is 1.30 bits per heavy atom. The van der Waals surface area contributed by atoms with E-state index in [1.807, 2.05) is 24.4 Å². The molecular formula is C20H22N4OS2. The minimum absolute atomic E-state index is 0.000788. The maximum absolute atomic E-state index is 12.3. The molecule has 5 nitrogen and oxygen atoms in total. The lowest BCUT2D eigenvalue weighted by Crippen LogP contribution is -2.28. The fourth-order valence-corrected chi connectivity index (χ4v) is 4.63. The second-order valence-corrected chi connectivity index (χ2v) is 8.65. The number of H-pyrrole nitrogens is 1. The third-order valence-corrected chi connectivity index (χ3v) is 6.53. The van der Waals surface area contributed by atoms with Gasteiger partial charge in [-0.15, -0.1) is 16.4 Å². The van der Waals surface area contributed by atoms with Gasteiger partial charge in [0.1, 0.15) is 0 Å². The van der Waals surface area contributed by atoms with Crippen LogP contribution in [0.15, 0.2) is 40.9 Å². The largest absolute Gasteiger partial charge is 0.349 e. The Kier molecular flexibility index (Phi) is 5.59. The number of carbonyl (C=O) groups is 1. The van der Waals surface area contributed by atoms with Gasteiger partial charge in [0.15, 0.2) is 5.82 Å². The highest BCUT2D eigenvalue weighted by Gasteiger charge is 2.15. The van der Waals surface area contributed by atoms with Crippen molar-refractivity contribution < 1.29 is 4.79 Å². The highest BCUT2D eigenvalue weighted by Crippen LogP contribution is 2.25. The fourth-order valence-electron chi connectivity index (χ4n) is 3.35. The Balaban J connectivity index is 1.31. The molecule has 4 rings (SSSR count). The van der Waals surface area contributed by atoms with Crippen molar-refractivity contribution in [1.82, 2.24) is 20.5 Å². The molecule has 2 N–H and O–H groups in total. The van der Waals surface area contributed by atoms with Crippen molar-refractivity contribution in [2.75, 3.05) is 5.75 Å². The zero-order chi connectivity index (χ0) is 18.6. The summed E-state index contributed by atoms with van der Waals surface area (Å²) in [4.78, 5) is 17.8. The lowest BCUT2D eigenvalue weighted by Gasteiger charge is -2.20. The molecule has 3 aromatic rings. The van der Waals surface area contributed by atoms with E-state index in [2.05, 4.69) is 38.7 Å². The Bertz CT molecular complexity index is 920. The summed E-state index contributed by atoms with van der Waals surface area (Å²) in [5, 5.41) is 12.8. The van der Waals surface area contributed by atoms with Crippen LogP contribution in [0.25, 0.3) is 10.7 Å². The summed E-state index contributed by atoms with van der Waals surface area (Å²) in [7, 11) is 0. The lowest BCUT2D eigenvalue weighted by atomic mass is 9.89. The Morgan fingerprint density at radius 3 is 2.96 bits per heavy atom. The van der Waals surface area contributed by atoms with Crippen LogP contribution in [-0.4, -0.2) is 26.8 Å². The van der Waals surface area contributed by atoms with Crippen molar-refractivity contribution >= 4 is 29.0 Å². The number of rotatable bonds is 6. The molecule has 2 heterocycles. The molecule has 1 amide bonds. The van der Waals surface area contributed by atoms with Crippen molar-refractivity contribution in [1.29, 1.82) is 0 Å². The second kappa shape index (κ2) is 8.27. The van der Waals surface area contributed by atoms with Crippen molar-refractivity contribution in [3.63, 3.8) is 0 Å². The van der Waals surface area contributed by atoms with Gasteiger partial charge < -0.3 is 5.32 Å². The number of aromatic nitrogens is 3. The molecule has 1 aliphatic carbocycles. The molecule has 27 heavy (non-hydrogen) atoms. The van der Waals surface area contributed by atoms with E-state index in [1.54, 1.807) is 11.3 Å². The Labute approximate surface area is 167 Å². The summed E-state index contributed by atoms with van der Waals surface area (Å²) in [6.07, 6.45) is 4.87. The average Bonchev–Trinajstić information content (AvgIpc) is 3.37. The van der Waals surface area contributed by atoms with Gasteiger partial charge in [-0.25, -0.2) is 4.98 Å². The predicted molar refractivity (Wildman–Crippen MR) is 110 cm³/mol. The summed E-state index contributed by atoms with van der Waals surface area (Å²) in [6.45, 7) is 2.04. The van der Waals surface area contributed by atoms with Crippen LogP contribution >= 0.6 is 23.1 Å². The van der Waals surface area contributed by atoms with Gasteiger partial charge in [-0.05, 0) is 60.7 Å². The molecule has 1 atom stereocenters. The minimum atomic E-state index is -0.00676. The number of aryl methyl sites for hydroxylation is 2. The highest BCUT2D eigenvalue weighted by molar-refractivity contribution is 7.99. The molecule has 0 saturated heterocycles. The van der Waals surface area contributed by atoms with Crippen molar-refractivity contribution in [3.8, 4) is 10.7 Å². The lowest BCUT2D eigenvalue weighted by molar-refractivity contribution is -0.119. The van der Waals surface area contributed by atoms with E-state index in [0.717, 1.165) is 17.1 Å². The quantitative estimate of drug-likeness (QED) is 0.605. The number of thioether (sulfide) groups is 1. The number of fused-ring (bicyclic) bond motifs is 1. The maximum atomic E-state index is 12.3. The molecule has 1 aliphatic rings. The number of nitrogens with one attached hydrogen (secondary N) is 2. The smallest absolute Gasteiger partial charge is 0.230 e. The molecule has 0 bridgehead atoms. The van der Waals surface area contributed by atoms with Gasteiger partial charge in [-0.3, -0.25) is 9.89 Å². The first-order chi connectivity index (χ1) is 13.2. The van der Waals surface area contributed by atoms with Crippen LogP contribution < -0.4 is 5.32 Å². The zero-order valence-electron chi connectivity index (χ0n) is 15.2. The number of amides is 1. The third-order valence-electron chi connectivity index (χ3n) is 4.80. The van der Waals surface area contributed by atoms with Crippen LogP contribution in [0.1, 0.15) is 42.5 Å². The van der Waals surface area contributed by atoms with Crippen molar-refractivity contribution in [3.05, 3.63) is 52.4 Å². The van der Waals surface area contributed by atoms with Crippen LogP contribution in [-0.2, 0) is 17.6 Å². The van der Waals surface area contributed by atoms with Gasteiger partial charge in [-0.1, -0.05) is 36.0 Å². The average molecular weight is 399 g/mol. The first-order valence-electron chi connectivity index (χ1n) is 9.19. The SMILES string of the molecule is C[C@@H](NC(=O)CSc1n[nH]c(-c2cccs2)n1)c1ccc2c(c1)CCCC2. The molecule has 0 unspecified atom stereocenters. The number of hydrogen-bond donors (Lipinski definition) is 2. The van der Waals surface area contributed by atoms with E-state index in [1.165, 1.54) is 47.7 Å². The van der Waals surface area contributed by atoms with E-state index >= 15 is 0 Å². The van der Waals surface area contributed by atoms with Crippen LogP contribution in [0.2, 0.25) is 0 Å². The van der Waals surface area contributed by atoms with Crippen molar-refractivity contribution in [2.45, 2.75) is 43.8 Å². The van der Waals surface area contributed by atoms with Gasteiger partial charge >= 0.3 is 0 Å². The number of benzene rings is 1. The molecule has 0 spiro atoms. The molecule has 1 aromatic carbocycles. The van der Waals surface area contributed by atoms with Crippen LogP contribution in [0.4, 0.5) is 0 Å². The molecule has 140 valence electrons. The molecule has 0 radical (unpaired) electrons. The monoisotopic (exact) mass is 398 g/mol. The molecule has 0 aliphatic heterocycles. The van der Waals surface area contributed by atoms with E-state index in [-0.39, 0.29) is 11.9 Å². The van der Waals surface area contributed by atoms with Gasteiger partial charge in [0, 0.05) is 0 Å². The highest BCUT2D eigenvalue weighted by atomic mass is 32.2. The standard InChI is InChI=1S/C20H22N4OS2/c1-13(15-9-8-14-5-2-3-6-16(14)11-15)21-18(25)12-27-20-22-19(23-24-20)17-7-4-10-26-17/h4,7-11,13H,2-3,5-6,12H2,1H3,(H,21,25)(H,22,23,24)/t13-/m1/s1. The van der Waals surface area contributed by atoms with Gasteiger partial charge in [0.25, 0.3) is 0 Å². The van der Waals surface area contributed by atoms with Crippen LogP contribution in [0.3, 0.4) is 0 Å². The van der Waals surface area contributed by atoms with Gasteiger partial charge in [0.2, 0.25) is 11.1 Å². The maximum Gasteiger partial charge on any atom is 0.230 e. The normalized spacial score (nSPS) is 14.6. The van der Waals surface area contributed by atoms with Gasteiger partial charge in [0.05, 0.1) is 16.7 Å². The van der Waals surface area contributed by atoms with Gasteiger partial charge in [-0.2, -0.15) is 0 Å². The third kappa shape index (κ3) is 4.42. The first-order valence-corrected chi connectivity index (χ1v) is 11.1. The number of hydrogen-bond acceptors (Lipinski definition) is 5. The topological polar surface area (TPSA) is 70.7 Å². The summed E-state index contributed by atoms with van der Waals surface area (Å²) in [6, 6.07) is 10.6. The number of thiophene rings is 1. The molecular weight excluding hydrogens is 376 g/mol. The second-order valence-electron chi connectivity index (χ2n) is 6.76. The zero-order valence-corrected chi connectivity index (χ0v) is 16.8. The molecule has 0 saturated carbocycles. The summed E-state index contributed by atoms with van der Waals surface area (Å²) < 4.78 is 0. The predicted octanol–water partition coefficient (Wildman–Crippen LogP) is 4.38. The van der Waals surface area contributed by atoms with Crippen LogP contribution in [0, 0.1) is 0 Å². The number of aromatic amines is 1.